The lowest BCUT2D eigenvalue weighted by Crippen LogP contribution is -2.35. The van der Waals surface area contributed by atoms with Gasteiger partial charge in [0.15, 0.2) is 0 Å². The van der Waals surface area contributed by atoms with Gasteiger partial charge in [-0.25, -0.2) is 0 Å². The summed E-state index contributed by atoms with van der Waals surface area (Å²) in [5.74, 6) is -4.52. The predicted molar refractivity (Wildman–Crippen MR) is 90.5 cm³/mol. The summed E-state index contributed by atoms with van der Waals surface area (Å²) in [5.41, 5.74) is 0.493. The number of allylic oxidation sites excluding steroid dienone is 3. The topological polar surface area (TPSA) is 118 Å². The molecule has 0 aliphatic heterocycles. The van der Waals surface area contributed by atoms with Crippen molar-refractivity contribution < 1.29 is 32.4 Å². The van der Waals surface area contributed by atoms with Gasteiger partial charge < -0.3 is 10.2 Å². The monoisotopic (exact) mass is 382 g/mol. The van der Waals surface area contributed by atoms with Gasteiger partial charge in [0.05, 0.1) is 24.2 Å². The maximum atomic E-state index is 12.4. The molecule has 2 N–H and O–H groups in total. The lowest BCUT2D eigenvalue weighted by Gasteiger charge is -2.25. The van der Waals surface area contributed by atoms with Crippen molar-refractivity contribution in [3.05, 3.63) is 23.8 Å². The fourth-order valence-corrected chi connectivity index (χ4v) is 6.58. The van der Waals surface area contributed by atoms with Gasteiger partial charge in [0.1, 0.15) is 0 Å². The first-order chi connectivity index (χ1) is 12.2. The predicted octanol–water partition coefficient (Wildman–Crippen LogP) is 1.52. The van der Waals surface area contributed by atoms with Gasteiger partial charge in [0, 0.05) is 0 Å². The van der Waals surface area contributed by atoms with E-state index in [0.717, 1.165) is 12.8 Å². The number of rotatable bonds is 7. The Bertz CT molecular complexity index is 796. The molecule has 0 aromatic rings. The second kappa shape index (κ2) is 6.20. The van der Waals surface area contributed by atoms with Gasteiger partial charge in [-0.15, -0.1) is 0 Å². The van der Waals surface area contributed by atoms with Crippen LogP contribution in [0.3, 0.4) is 0 Å². The summed E-state index contributed by atoms with van der Waals surface area (Å²) in [6.45, 7) is 0.162. The van der Waals surface area contributed by atoms with E-state index in [2.05, 4.69) is 12.2 Å². The van der Waals surface area contributed by atoms with Crippen molar-refractivity contribution in [3.63, 3.8) is 0 Å². The zero-order valence-corrected chi connectivity index (χ0v) is 15.0. The standard InChI is InChI=1S/C18H22O7S/c19-17(20)15-11-5-13(14(6-11)16(15)18(21)22)8-26(23,24)25-7-12-4-9-1-2-10(12)3-9/h1-2,5,9-12,14-16H,3-4,6-8H2,(H,19,20)(H,21,22). The highest BCUT2D eigenvalue weighted by atomic mass is 32.2. The van der Waals surface area contributed by atoms with E-state index in [1.165, 1.54) is 0 Å². The molecule has 0 saturated heterocycles. The van der Waals surface area contributed by atoms with Crippen LogP contribution < -0.4 is 0 Å². The van der Waals surface area contributed by atoms with E-state index in [9.17, 15) is 28.2 Å². The van der Waals surface area contributed by atoms with E-state index < -0.39 is 45.7 Å². The highest BCUT2D eigenvalue weighted by Gasteiger charge is 2.55. The molecule has 8 heteroatoms. The fraction of sp³-hybridized carbons (Fsp3) is 0.667. The van der Waals surface area contributed by atoms with E-state index >= 15 is 0 Å². The Balaban J connectivity index is 1.41. The van der Waals surface area contributed by atoms with Crippen LogP contribution in [0.4, 0.5) is 0 Å². The quantitative estimate of drug-likeness (QED) is 0.506. The molecule has 2 saturated carbocycles. The van der Waals surface area contributed by atoms with Crippen LogP contribution in [-0.4, -0.2) is 42.9 Å². The van der Waals surface area contributed by atoms with Crippen LogP contribution in [0.25, 0.3) is 0 Å². The second-order valence-corrected chi connectivity index (χ2v) is 9.64. The number of hydrogen-bond donors (Lipinski definition) is 2. The van der Waals surface area contributed by atoms with E-state index in [0.29, 0.717) is 23.8 Å². The number of carboxylic acid groups (broad SMARTS) is 2. The van der Waals surface area contributed by atoms with Crippen LogP contribution in [0.1, 0.15) is 19.3 Å². The summed E-state index contributed by atoms with van der Waals surface area (Å²) < 4.78 is 30.0. The molecule has 7 unspecified atom stereocenters. The number of carbonyl (C=O) groups is 2. The Morgan fingerprint density at radius 2 is 1.77 bits per heavy atom. The smallest absolute Gasteiger partial charge is 0.308 e. The van der Waals surface area contributed by atoms with Gasteiger partial charge in [-0.05, 0) is 48.9 Å². The van der Waals surface area contributed by atoms with Crippen molar-refractivity contribution in [2.24, 2.45) is 41.4 Å². The molecule has 2 fully saturated rings. The van der Waals surface area contributed by atoms with Crippen LogP contribution in [0.2, 0.25) is 0 Å². The molecule has 7 nitrogen and oxygen atoms in total. The van der Waals surface area contributed by atoms with Crippen molar-refractivity contribution in [1.82, 2.24) is 0 Å². The van der Waals surface area contributed by atoms with Crippen molar-refractivity contribution in [2.45, 2.75) is 19.3 Å². The summed E-state index contributed by atoms with van der Waals surface area (Å²) in [7, 11) is -3.81. The van der Waals surface area contributed by atoms with E-state index in [4.69, 9.17) is 4.18 Å². The van der Waals surface area contributed by atoms with Gasteiger partial charge in [-0.3, -0.25) is 13.8 Å². The Morgan fingerprint density at radius 1 is 1.04 bits per heavy atom. The molecule has 0 spiro atoms. The third-order valence-corrected chi connectivity index (χ3v) is 7.69. The Morgan fingerprint density at radius 3 is 2.35 bits per heavy atom. The van der Waals surface area contributed by atoms with E-state index in [1.54, 1.807) is 6.08 Å². The van der Waals surface area contributed by atoms with Gasteiger partial charge in [-0.1, -0.05) is 23.8 Å². The minimum Gasteiger partial charge on any atom is -0.481 e. The van der Waals surface area contributed by atoms with Crippen molar-refractivity contribution in [1.29, 1.82) is 0 Å². The zero-order valence-electron chi connectivity index (χ0n) is 14.2. The highest BCUT2D eigenvalue weighted by Crippen LogP contribution is 2.52. The van der Waals surface area contributed by atoms with Gasteiger partial charge in [0.2, 0.25) is 0 Å². The largest absolute Gasteiger partial charge is 0.481 e. The van der Waals surface area contributed by atoms with Crippen molar-refractivity contribution in [3.8, 4) is 0 Å². The van der Waals surface area contributed by atoms with Gasteiger partial charge >= 0.3 is 11.9 Å². The molecule has 4 aliphatic rings. The zero-order chi connectivity index (χ0) is 18.6. The van der Waals surface area contributed by atoms with Crippen LogP contribution in [-0.2, 0) is 23.9 Å². The lowest BCUT2D eigenvalue weighted by atomic mass is 9.80. The summed E-state index contributed by atoms with van der Waals surface area (Å²) in [6, 6.07) is 0. The van der Waals surface area contributed by atoms with Crippen LogP contribution >= 0.6 is 0 Å². The highest BCUT2D eigenvalue weighted by molar-refractivity contribution is 7.86. The van der Waals surface area contributed by atoms with Crippen LogP contribution in [0.5, 0.6) is 0 Å². The van der Waals surface area contributed by atoms with Crippen LogP contribution in [0, 0.1) is 41.4 Å². The van der Waals surface area contributed by atoms with Gasteiger partial charge in [-0.2, -0.15) is 8.42 Å². The second-order valence-electron chi connectivity index (χ2n) is 8.00. The van der Waals surface area contributed by atoms with E-state index in [-0.39, 0.29) is 18.3 Å². The third kappa shape index (κ3) is 2.99. The third-order valence-electron chi connectivity index (χ3n) is 6.50. The van der Waals surface area contributed by atoms with Crippen LogP contribution in [0.15, 0.2) is 23.8 Å². The Labute approximate surface area is 151 Å². The molecule has 4 bridgehead atoms. The van der Waals surface area contributed by atoms with Gasteiger partial charge in [0.25, 0.3) is 10.1 Å². The first kappa shape index (κ1) is 17.7. The fourth-order valence-electron chi connectivity index (χ4n) is 5.40. The van der Waals surface area contributed by atoms with Crippen molar-refractivity contribution >= 4 is 22.1 Å². The molecule has 26 heavy (non-hydrogen) atoms. The number of hydrogen-bond acceptors (Lipinski definition) is 5. The molecule has 0 aromatic heterocycles. The van der Waals surface area contributed by atoms with E-state index in [1.807, 2.05) is 0 Å². The minimum atomic E-state index is -3.81. The molecular formula is C18H22O7S. The first-order valence-electron chi connectivity index (χ1n) is 8.97. The number of carboxylic acids is 2. The summed E-state index contributed by atoms with van der Waals surface area (Å²) in [5, 5.41) is 18.7. The summed E-state index contributed by atoms with van der Waals surface area (Å²) >= 11 is 0. The molecule has 0 amide bonds. The molecule has 142 valence electrons. The summed E-state index contributed by atoms with van der Waals surface area (Å²) in [4.78, 5) is 22.9. The average Bonchev–Trinajstić information content (AvgIpc) is 3.30. The normalized spacial score (nSPS) is 40.2. The molecule has 0 radical (unpaired) electrons. The SMILES string of the molecule is O=C(O)C1C2C=C(CS(=O)(=O)OCC3CC4C=CC3C4)C(C2)C1C(=O)O. The number of aliphatic carboxylic acids is 2. The maximum absolute atomic E-state index is 12.4. The molecule has 0 aromatic carbocycles. The average molecular weight is 382 g/mol. The maximum Gasteiger partial charge on any atom is 0.308 e. The lowest BCUT2D eigenvalue weighted by molar-refractivity contribution is -0.154. The Kier molecular flexibility index (Phi) is 4.23. The number of fused-ring (bicyclic) bond motifs is 4. The first-order valence-corrected chi connectivity index (χ1v) is 10.5. The summed E-state index contributed by atoms with van der Waals surface area (Å²) in [6.07, 6.45) is 8.36. The molecule has 4 aliphatic carbocycles. The molecular weight excluding hydrogens is 360 g/mol. The minimum absolute atomic E-state index is 0.162. The molecule has 4 rings (SSSR count). The molecule has 0 heterocycles. The Hall–Kier alpha value is -1.67. The van der Waals surface area contributed by atoms with Crippen molar-refractivity contribution in [2.75, 3.05) is 12.4 Å². The molecule has 7 atom stereocenters.